The molecule has 3 rings (SSSR count). The zero-order valence-corrected chi connectivity index (χ0v) is 16.9. The molecular formula is C20H22N2O6S. The van der Waals surface area contributed by atoms with Gasteiger partial charge in [-0.25, -0.2) is 9.59 Å². The number of thiophene rings is 1. The lowest BCUT2D eigenvalue weighted by Gasteiger charge is -2.29. The Bertz CT molecular complexity index is 961. The van der Waals surface area contributed by atoms with Gasteiger partial charge in [0.2, 0.25) is 0 Å². The maximum Gasteiger partial charge on any atom is 0.328 e. The van der Waals surface area contributed by atoms with Crippen LogP contribution in [0.2, 0.25) is 0 Å². The van der Waals surface area contributed by atoms with Crippen molar-refractivity contribution in [3.63, 3.8) is 0 Å². The highest BCUT2D eigenvalue weighted by molar-refractivity contribution is 7.20. The first-order valence-corrected chi connectivity index (χ1v) is 9.75. The second-order valence-electron chi connectivity index (χ2n) is 6.64. The number of benzene rings is 1. The van der Waals surface area contributed by atoms with Crippen LogP contribution in [-0.2, 0) is 9.59 Å². The molecule has 1 aromatic heterocycles. The number of hydrogen-bond acceptors (Lipinski definition) is 6. The molecule has 0 bridgehead atoms. The molecule has 0 saturated heterocycles. The van der Waals surface area contributed by atoms with Crippen LogP contribution in [0.3, 0.4) is 0 Å². The van der Waals surface area contributed by atoms with Crippen LogP contribution >= 0.6 is 11.3 Å². The Balaban J connectivity index is 0.000000321. The van der Waals surface area contributed by atoms with Crippen molar-refractivity contribution >= 4 is 44.6 Å². The van der Waals surface area contributed by atoms with E-state index in [1.54, 1.807) is 12.1 Å². The molecule has 29 heavy (non-hydrogen) atoms. The average Bonchev–Trinajstić information content (AvgIpc) is 3.11. The van der Waals surface area contributed by atoms with Gasteiger partial charge in [-0.3, -0.25) is 15.0 Å². The highest BCUT2D eigenvalue weighted by atomic mass is 32.1. The molecule has 8 nitrogen and oxygen atoms in total. The summed E-state index contributed by atoms with van der Waals surface area (Å²) in [5.74, 6) is -2.51. The summed E-state index contributed by atoms with van der Waals surface area (Å²) < 4.78 is 0.782. The van der Waals surface area contributed by atoms with Gasteiger partial charge in [-0.05, 0) is 31.9 Å². The van der Waals surface area contributed by atoms with Crippen LogP contribution in [-0.4, -0.2) is 51.1 Å². The minimum Gasteiger partial charge on any atom is -0.478 e. The lowest BCUT2D eigenvalue weighted by atomic mass is 10.0. The summed E-state index contributed by atoms with van der Waals surface area (Å²) in [5, 5.41) is 27.7. The minimum atomic E-state index is -1.26. The van der Waals surface area contributed by atoms with Crippen LogP contribution in [0, 0.1) is 10.1 Å². The van der Waals surface area contributed by atoms with Gasteiger partial charge in [-0.15, -0.1) is 11.3 Å². The van der Waals surface area contributed by atoms with Crippen molar-refractivity contribution in [1.29, 1.82) is 0 Å². The molecule has 1 aliphatic rings. The third-order valence-electron chi connectivity index (χ3n) is 4.38. The smallest absolute Gasteiger partial charge is 0.328 e. The second kappa shape index (κ2) is 9.94. The Morgan fingerprint density at radius 1 is 1.24 bits per heavy atom. The van der Waals surface area contributed by atoms with E-state index in [2.05, 4.69) is 30.9 Å². The summed E-state index contributed by atoms with van der Waals surface area (Å²) in [6, 6.07) is 7.94. The average molecular weight is 418 g/mol. The monoisotopic (exact) mass is 418 g/mol. The van der Waals surface area contributed by atoms with Gasteiger partial charge < -0.3 is 10.2 Å². The van der Waals surface area contributed by atoms with Crippen molar-refractivity contribution in [2.45, 2.75) is 26.3 Å². The van der Waals surface area contributed by atoms with Gasteiger partial charge >= 0.3 is 11.9 Å². The third-order valence-corrected chi connectivity index (χ3v) is 5.62. The van der Waals surface area contributed by atoms with Crippen molar-refractivity contribution in [3.05, 3.63) is 57.5 Å². The van der Waals surface area contributed by atoms with Crippen LogP contribution < -0.4 is 0 Å². The van der Waals surface area contributed by atoms with E-state index in [1.807, 2.05) is 6.07 Å². The van der Waals surface area contributed by atoms with Crippen molar-refractivity contribution < 1.29 is 24.7 Å². The molecule has 2 heterocycles. The number of carbonyl (C=O) groups is 2. The van der Waals surface area contributed by atoms with Gasteiger partial charge in [0.25, 0.3) is 5.69 Å². The SMILES string of the molecule is CC(C)N1CC=C(c2cc3cccc([N+](=O)[O-])c3s2)CC1.O=C(O)/C=C\C(=O)O. The zero-order valence-electron chi connectivity index (χ0n) is 16.1. The number of rotatable bonds is 5. The van der Waals surface area contributed by atoms with Crippen molar-refractivity contribution in [1.82, 2.24) is 4.90 Å². The van der Waals surface area contributed by atoms with E-state index in [4.69, 9.17) is 10.2 Å². The molecule has 0 aliphatic carbocycles. The number of nitro benzene ring substituents is 1. The number of carboxylic acid groups (broad SMARTS) is 2. The van der Waals surface area contributed by atoms with Gasteiger partial charge in [-0.1, -0.05) is 18.2 Å². The molecule has 1 aliphatic heterocycles. The van der Waals surface area contributed by atoms with E-state index >= 15 is 0 Å². The van der Waals surface area contributed by atoms with Crippen molar-refractivity contribution in [2.75, 3.05) is 13.1 Å². The van der Waals surface area contributed by atoms with Gasteiger partial charge in [-0.2, -0.15) is 0 Å². The molecule has 0 amide bonds. The molecular weight excluding hydrogens is 396 g/mol. The largest absolute Gasteiger partial charge is 0.478 e. The van der Waals surface area contributed by atoms with Crippen molar-refractivity contribution in [2.24, 2.45) is 0 Å². The van der Waals surface area contributed by atoms with Crippen LogP contribution in [0.4, 0.5) is 5.69 Å². The molecule has 0 radical (unpaired) electrons. The fourth-order valence-electron chi connectivity index (χ4n) is 2.87. The highest BCUT2D eigenvalue weighted by Crippen LogP contribution is 2.37. The number of aliphatic carboxylic acids is 2. The Kier molecular flexibility index (Phi) is 7.63. The molecule has 0 fully saturated rings. The predicted molar refractivity (Wildman–Crippen MR) is 112 cm³/mol. The van der Waals surface area contributed by atoms with E-state index < -0.39 is 11.9 Å². The fourth-order valence-corrected chi connectivity index (χ4v) is 4.08. The lowest BCUT2D eigenvalue weighted by molar-refractivity contribution is -0.382. The van der Waals surface area contributed by atoms with E-state index in [1.165, 1.54) is 21.8 Å². The Morgan fingerprint density at radius 2 is 1.90 bits per heavy atom. The molecule has 0 saturated carbocycles. The molecule has 9 heteroatoms. The van der Waals surface area contributed by atoms with Gasteiger partial charge in [0.1, 0.15) is 4.70 Å². The summed E-state index contributed by atoms with van der Waals surface area (Å²) >= 11 is 1.54. The number of nitrogens with zero attached hydrogens (tertiary/aromatic N) is 2. The van der Waals surface area contributed by atoms with Crippen LogP contribution in [0.5, 0.6) is 0 Å². The van der Waals surface area contributed by atoms with Crippen LogP contribution in [0.25, 0.3) is 15.7 Å². The second-order valence-corrected chi connectivity index (χ2v) is 7.69. The first-order chi connectivity index (χ1) is 13.7. The third kappa shape index (κ3) is 6.23. The quantitative estimate of drug-likeness (QED) is 0.427. The number of carboxylic acids is 2. The van der Waals surface area contributed by atoms with E-state index in [0.29, 0.717) is 18.2 Å². The molecule has 0 unspecified atom stereocenters. The Labute approximate surface area is 171 Å². The highest BCUT2D eigenvalue weighted by Gasteiger charge is 2.19. The fraction of sp³-hybridized carbons (Fsp3) is 0.300. The van der Waals surface area contributed by atoms with Gasteiger partial charge in [0, 0.05) is 47.6 Å². The molecule has 1 aromatic carbocycles. The number of hydrogen-bond donors (Lipinski definition) is 2. The maximum absolute atomic E-state index is 11.1. The molecule has 2 N–H and O–H groups in total. The Morgan fingerprint density at radius 3 is 2.38 bits per heavy atom. The molecule has 2 aromatic rings. The van der Waals surface area contributed by atoms with Crippen LogP contribution in [0.15, 0.2) is 42.5 Å². The first-order valence-electron chi connectivity index (χ1n) is 8.93. The summed E-state index contributed by atoms with van der Waals surface area (Å²) in [7, 11) is 0. The normalized spacial score (nSPS) is 14.5. The van der Waals surface area contributed by atoms with Gasteiger partial charge in [0.05, 0.1) is 4.92 Å². The molecule has 0 spiro atoms. The maximum atomic E-state index is 11.1. The van der Waals surface area contributed by atoms with Gasteiger partial charge in [0.15, 0.2) is 0 Å². The lowest BCUT2D eigenvalue weighted by Crippen LogP contribution is -2.34. The van der Waals surface area contributed by atoms with Crippen molar-refractivity contribution in [3.8, 4) is 0 Å². The number of non-ortho nitro benzene ring substituents is 1. The topological polar surface area (TPSA) is 121 Å². The number of nitro groups is 1. The predicted octanol–water partition coefficient (Wildman–Crippen LogP) is 4.02. The molecule has 154 valence electrons. The number of fused-ring (bicyclic) bond motifs is 1. The zero-order chi connectivity index (χ0) is 21.6. The Hall–Kier alpha value is -3.04. The molecule has 0 atom stereocenters. The first kappa shape index (κ1) is 22.3. The minimum absolute atomic E-state index is 0.212. The summed E-state index contributed by atoms with van der Waals surface area (Å²) in [6.07, 6.45) is 4.39. The summed E-state index contributed by atoms with van der Waals surface area (Å²) in [4.78, 5) is 33.5. The van der Waals surface area contributed by atoms with E-state index in [-0.39, 0.29) is 10.6 Å². The summed E-state index contributed by atoms with van der Waals surface area (Å²) in [6.45, 7) is 6.44. The van der Waals surface area contributed by atoms with E-state index in [0.717, 1.165) is 29.6 Å². The standard InChI is InChI=1S/C16H18N2O2S.C4H4O4/c1-11(2)17-8-6-12(7-9-17)15-10-13-4-3-5-14(18(19)20)16(13)21-15;5-3(6)1-2-4(7)8/h3-6,10-11H,7-9H2,1-2H3;1-2H,(H,5,6)(H,7,8)/b;2-1-. The summed E-state index contributed by atoms with van der Waals surface area (Å²) in [5.41, 5.74) is 1.53. The van der Waals surface area contributed by atoms with E-state index in [9.17, 15) is 19.7 Å². The van der Waals surface area contributed by atoms with Crippen LogP contribution in [0.1, 0.15) is 25.1 Å².